The average molecular weight is 336 g/mol. The van der Waals surface area contributed by atoms with Gasteiger partial charge in [0.05, 0.1) is 7.11 Å². The summed E-state index contributed by atoms with van der Waals surface area (Å²) in [4.78, 5) is 15.0. The lowest BCUT2D eigenvalue weighted by Crippen LogP contribution is -1.99. The van der Waals surface area contributed by atoms with Crippen LogP contribution in [0.15, 0.2) is 42.6 Å². The Morgan fingerprint density at radius 3 is 2.48 bits per heavy atom. The maximum absolute atomic E-state index is 11.0. The summed E-state index contributed by atoms with van der Waals surface area (Å²) in [6, 6.07) is 10.4. The summed E-state index contributed by atoms with van der Waals surface area (Å²) in [6.07, 6.45) is 1.63. The molecule has 3 aromatic rings. The molecule has 0 atom stereocenters. The number of ether oxygens (including phenoxy) is 2. The standard InChI is InChI=1S/C17H12N4O4/c1-24-14-9-6-12(10-18-14)3-2-11-4-7-13(8-5-11)25-16-15(17(22)23)19-21-20-16/h4-10H,1H3,(H,22,23)(H,19,20,21). The summed E-state index contributed by atoms with van der Waals surface area (Å²) in [6.45, 7) is 0. The van der Waals surface area contributed by atoms with Crippen LogP contribution < -0.4 is 9.47 Å². The fourth-order valence-corrected chi connectivity index (χ4v) is 1.87. The lowest BCUT2D eigenvalue weighted by atomic mass is 10.2. The first kappa shape index (κ1) is 16.0. The van der Waals surface area contributed by atoms with E-state index in [4.69, 9.17) is 14.6 Å². The fraction of sp³-hybridized carbons (Fsp3) is 0.0588. The molecular formula is C17H12N4O4. The number of carbonyl (C=O) groups is 1. The molecule has 1 aromatic carbocycles. The Labute approximate surface area is 142 Å². The Balaban J connectivity index is 1.71. The largest absolute Gasteiger partial charge is 0.481 e. The molecule has 0 aliphatic rings. The predicted molar refractivity (Wildman–Crippen MR) is 86.6 cm³/mol. The summed E-state index contributed by atoms with van der Waals surface area (Å²) in [5, 5.41) is 18.2. The molecule has 3 rings (SSSR count). The Hall–Kier alpha value is -3.86. The lowest BCUT2D eigenvalue weighted by molar-refractivity contribution is 0.0687. The van der Waals surface area contributed by atoms with Gasteiger partial charge in [0, 0.05) is 23.4 Å². The molecule has 0 saturated heterocycles. The number of aromatic carboxylic acids is 1. The molecule has 2 aromatic heterocycles. The second-order valence-electron chi connectivity index (χ2n) is 4.76. The minimum Gasteiger partial charge on any atom is -0.481 e. The van der Waals surface area contributed by atoms with Gasteiger partial charge < -0.3 is 14.6 Å². The molecule has 0 fully saturated rings. The molecule has 0 aliphatic heterocycles. The highest BCUT2D eigenvalue weighted by Gasteiger charge is 2.16. The van der Waals surface area contributed by atoms with Gasteiger partial charge in [0.1, 0.15) is 5.75 Å². The molecule has 0 bridgehead atoms. The van der Waals surface area contributed by atoms with Crippen LogP contribution in [-0.2, 0) is 0 Å². The number of hydrogen-bond donors (Lipinski definition) is 2. The summed E-state index contributed by atoms with van der Waals surface area (Å²) in [7, 11) is 1.55. The van der Waals surface area contributed by atoms with Gasteiger partial charge in [-0.2, -0.15) is 0 Å². The van der Waals surface area contributed by atoms with Gasteiger partial charge in [0.15, 0.2) is 0 Å². The Morgan fingerprint density at radius 1 is 1.12 bits per heavy atom. The normalized spacial score (nSPS) is 9.80. The first-order valence-corrected chi connectivity index (χ1v) is 7.10. The topological polar surface area (TPSA) is 110 Å². The highest BCUT2D eigenvalue weighted by Crippen LogP contribution is 2.21. The van der Waals surface area contributed by atoms with E-state index in [1.54, 1.807) is 43.6 Å². The number of pyridine rings is 1. The molecule has 2 heterocycles. The number of benzene rings is 1. The minimum absolute atomic E-state index is 0.0318. The van der Waals surface area contributed by atoms with Gasteiger partial charge in [0.25, 0.3) is 5.88 Å². The third kappa shape index (κ3) is 3.92. The van der Waals surface area contributed by atoms with E-state index >= 15 is 0 Å². The number of methoxy groups -OCH3 is 1. The van der Waals surface area contributed by atoms with E-state index in [-0.39, 0.29) is 11.6 Å². The SMILES string of the molecule is COc1ccc(C#Cc2ccc(Oc3[nH]nnc3C(=O)O)cc2)cn1. The molecule has 0 saturated carbocycles. The first-order chi connectivity index (χ1) is 12.2. The number of aromatic nitrogens is 4. The molecule has 124 valence electrons. The zero-order valence-corrected chi connectivity index (χ0v) is 13.1. The van der Waals surface area contributed by atoms with Crippen molar-refractivity contribution in [2.75, 3.05) is 7.11 Å². The van der Waals surface area contributed by atoms with Gasteiger partial charge in [-0.05, 0) is 30.3 Å². The maximum Gasteiger partial charge on any atom is 0.362 e. The molecule has 2 N–H and O–H groups in total. The zero-order valence-electron chi connectivity index (χ0n) is 13.1. The summed E-state index contributed by atoms with van der Waals surface area (Å²) in [5.74, 6) is 5.70. The van der Waals surface area contributed by atoms with Crippen molar-refractivity contribution in [1.29, 1.82) is 0 Å². The van der Waals surface area contributed by atoms with Gasteiger partial charge in [-0.1, -0.05) is 17.1 Å². The van der Waals surface area contributed by atoms with Crippen molar-refractivity contribution in [1.82, 2.24) is 20.4 Å². The molecule has 0 radical (unpaired) electrons. The molecular weight excluding hydrogens is 324 g/mol. The van der Waals surface area contributed by atoms with Crippen LogP contribution in [0.25, 0.3) is 0 Å². The molecule has 0 aliphatic carbocycles. The van der Waals surface area contributed by atoms with Crippen molar-refractivity contribution in [2.24, 2.45) is 0 Å². The lowest BCUT2D eigenvalue weighted by Gasteiger charge is -2.02. The van der Waals surface area contributed by atoms with Crippen LogP contribution >= 0.6 is 0 Å². The Bertz CT molecular complexity index is 937. The van der Waals surface area contributed by atoms with Crippen LogP contribution in [0.2, 0.25) is 0 Å². The molecule has 8 heteroatoms. The number of aromatic amines is 1. The molecule has 0 amide bonds. The number of hydrogen-bond acceptors (Lipinski definition) is 6. The fourth-order valence-electron chi connectivity index (χ4n) is 1.87. The second-order valence-corrected chi connectivity index (χ2v) is 4.76. The van der Waals surface area contributed by atoms with E-state index in [0.717, 1.165) is 11.1 Å². The zero-order chi connectivity index (χ0) is 17.6. The van der Waals surface area contributed by atoms with E-state index in [0.29, 0.717) is 11.6 Å². The van der Waals surface area contributed by atoms with Gasteiger partial charge in [-0.25, -0.2) is 14.9 Å². The second kappa shape index (κ2) is 7.14. The molecule has 0 spiro atoms. The van der Waals surface area contributed by atoms with Crippen LogP contribution in [0, 0.1) is 11.8 Å². The van der Waals surface area contributed by atoms with Gasteiger partial charge in [-0.3, -0.25) is 0 Å². The Kier molecular flexibility index (Phi) is 4.58. The van der Waals surface area contributed by atoms with Crippen molar-refractivity contribution < 1.29 is 19.4 Å². The van der Waals surface area contributed by atoms with Gasteiger partial charge in [-0.15, -0.1) is 5.10 Å². The number of rotatable bonds is 4. The van der Waals surface area contributed by atoms with Crippen molar-refractivity contribution in [3.05, 3.63) is 59.4 Å². The monoisotopic (exact) mass is 336 g/mol. The molecule has 8 nitrogen and oxygen atoms in total. The van der Waals surface area contributed by atoms with Gasteiger partial charge >= 0.3 is 5.97 Å². The van der Waals surface area contributed by atoms with Gasteiger partial charge in [0.2, 0.25) is 11.6 Å². The smallest absolute Gasteiger partial charge is 0.362 e. The summed E-state index contributed by atoms with van der Waals surface area (Å²) in [5.41, 5.74) is 1.25. The highest BCUT2D eigenvalue weighted by molar-refractivity contribution is 5.87. The van der Waals surface area contributed by atoms with E-state index in [2.05, 4.69) is 32.2 Å². The first-order valence-electron chi connectivity index (χ1n) is 7.10. The van der Waals surface area contributed by atoms with E-state index < -0.39 is 5.97 Å². The van der Waals surface area contributed by atoms with Crippen molar-refractivity contribution in [3.63, 3.8) is 0 Å². The van der Waals surface area contributed by atoms with Crippen LogP contribution in [0.4, 0.5) is 0 Å². The predicted octanol–water partition coefficient (Wildman–Crippen LogP) is 2.10. The van der Waals surface area contributed by atoms with Crippen molar-refractivity contribution in [3.8, 4) is 29.4 Å². The van der Waals surface area contributed by atoms with Crippen LogP contribution in [0.3, 0.4) is 0 Å². The third-order valence-corrected chi connectivity index (χ3v) is 3.09. The quantitative estimate of drug-likeness (QED) is 0.702. The number of nitrogens with one attached hydrogen (secondary N) is 1. The van der Waals surface area contributed by atoms with E-state index in [9.17, 15) is 4.79 Å². The van der Waals surface area contributed by atoms with Crippen molar-refractivity contribution >= 4 is 5.97 Å². The van der Waals surface area contributed by atoms with Crippen molar-refractivity contribution in [2.45, 2.75) is 0 Å². The molecule has 25 heavy (non-hydrogen) atoms. The average Bonchev–Trinajstić information content (AvgIpc) is 3.10. The van der Waals surface area contributed by atoms with Crippen LogP contribution in [0.1, 0.15) is 21.6 Å². The number of carboxylic acids is 1. The maximum atomic E-state index is 11.0. The minimum atomic E-state index is -1.22. The van der Waals surface area contributed by atoms with Crippen LogP contribution in [-0.4, -0.2) is 38.6 Å². The van der Waals surface area contributed by atoms with Crippen LogP contribution in [0.5, 0.6) is 17.5 Å². The molecule has 0 unspecified atom stereocenters. The summed E-state index contributed by atoms with van der Waals surface area (Å²) >= 11 is 0. The van der Waals surface area contributed by atoms with E-state index in [1.807, 2.05) is 6.07 Å². The summed E-state index contributed by atoms with van der Waals surface area (Å²) < 4.78 is 10.4. The third-order valence-electron chi connectivity index (χ3n) is 3.09. The number of carboxylic acid groups (broad SMARTS) is 1. The highest BCUT2D eigenvalue weighted by atomic mass is 16.5. The number of H-pyrrole nitrogens is 1. The number of nitrogens with zero attached hydrogens (tertiary/aromatic N) is 3. The van der Waals surface area contributed by atoms with E-state index in [1.165, 1.54) is 0 Å². The Morgan fingerprint density at radius 2 is 1.84 bits per heavy atom.